The zero-order valence-electron chi connectivity index (χ0n) is 17.7. The lowest BCUT2D eigenvalue weighted by Gasteiger charge is -2.29. The van der Waals surface area contributed by atoms with E-state index in [-0.39, 0.29) is 29.4 Å². The molecule has 5 nitrogen and oxygen atoms in total. The van der Waals surface area contributed by atoms with Gasteiger partial charge in [-0.25, -0.2) is 0 Å². The molecular formula is C27H20I2O5. The molecule has 0 aromatic heterocycles. The van der Waals surface area contributed by atoms with Crippen molar-refractivity contribution in [1.82, 2.24) is 0 Å². The molecule has 2 unspecified atom stereocenters. The molecular weight excluding hydrogens is 658 g/mol. The summed E-state index contributed by atoms with van der Waals surface area (Å²) in [5.74, 6) is -0.0647. The van der Waals surface area contributed by atoms with E-state index in [9.17, 15) is 25.5 Å². The zero-order chi connectivity index (χ0) is 24.1. The lowest BCUT2D eigenvalue weighted by molar-refractivity contribution is 0.177. The van der Waals surface area contributed by atoms with Crippen LogP contribution >= 0.6 is 45.2 Å². The Morgan fingerprint density at radius 1 is 0.794 bits per heavy atom. The molecule has 5 rings (SSSR count). The van der Waals surface area contributed by atoms with Gasteiger partial charge in [0.2, 0.25) is 0 Å². The van der Waals surface area contributed by atoms with E-state index in [2.05, 4.69) is 45.2 Å². The summed E-state index contributed by atoms with van der Waals surface area (Å²) in [7, 11) is 0. The number of fused-ring (bicyclic) bond motifs is 2. The third kappa shape index (κ3) is 3.79. The van der Waals surface area contributed by atoms with Gasteiger partial charge >= 0.3 is 0 Å². The molecule has 0 saturated heterocycles. The number of halogens is 2. The third-order valence-electron chi connectivity index (χ3n) is 6.31. The summed E-state index contributed by atoms with van der Waals surface area (Å²) in [6, 6.07) is 17.7. The summed E-state index contributed by atoms with van der Waals surface area (Å²) in [6.07, 6.45) is 1.09. The van der Waals surface area contributed by atoms with E-state index in [1.165, 1.54) is 12.1 Å². The summed E-state index contributed by atoms with van der Waals surface area (Å²) < 4.78 is 1.34. The van der Waals surface area contributed by atoms with Crippen LogP contribution in [0, 0.1) is 7.14 Å². The number of phenolic OH excluding ortho intramolecular Hbond substituents is 3. The Hall–Kier alpha value is -2.50. The Kier molecular flexibility index (Phi) is 6.11. The fourth-order valence-corrected chi connectivity index (χ4v) is 6.62. The number of benzene rings is 4. The van der Waals surface area contributed by atoms with Crippen LogP contribution in [0.15, 0.2) is 66.7 Å². The molecule has 2 atom stereocenters. The van der Waals surface area contributed by atoms with Crippen molar-refractivity contribution >= 4 is 61.7 Å². The quantitative estimate of drug-likeness (QED) is 0.0947. The highest BCUT2D eigenvalue weighted by Gasteiger charge is 2.30. The van der Waals surface area contributed by atoms with Crippen LogP contribution in [0.25, 0.3) is 16.5 Å². The standard InChI is InChI=1S/C27H20I2O5/c28-18-11-13(12-19(29)27(18)34)24(16-5-1-3-14-20(30)7-9-22(32)25(14)16)17-6-2-4-15-21(31)8-10-23(33)26(15)17/h1-9,11-12,23-24,30-34H,10H2. The first kappa shape index (κ1) is 23.3. The number of aliphatic hydroxyl groups is 2. The molecule has 0 bridgehead atoms. The van der Waals surface area contributed by atoms with E-state index in [1.54, 1.807) is 18.2 Å². The first-order valence-corrected chi connectivity index (χ1v) is 12.8. The Bertz CT molecular complexity index is 1450. The number of rotatable bonds is 3. The predicted octanol–water partition coefficient (Wildman–Crippen LogP) is 6.68. The van der Waals surface area contributed by atoms with Gasteiger partial charge in [-0.05, 0) is 104 Å². The average molecular weight is 678 g/mol. The highest BCUT2D eigenvalue weighted by atomic mass is 127. The van der Waals surface area contributed by atoms with E-state index < -0.39 is 12.0 Å². The maximum atomic E-state index is 11.0. The maximum Gasteiger partial charge on any atom is 0.142 e. The molecule has 7 heteroatoms. The second-order valence-corrected chi connectivity index (χ2v) is 10.6. The molecule has 0 amide bonds. The smallest absolute Gasteiger partial charge is 0.142 e. The van der Waals surface area contributed by atoms with Gasteiger partial charge in [0.05, 0.1) is 13.2 Å². The number of aromatic hydroxyl groups is 3. The van der Waals surface area contributed by atoms with E-state index in [0.717, 1.165) is 16.7 Å². The van der Waals surface area contributed by atoms with Crippen molar-refractivity contribution in [3.63, 3.8) is 0 Å². The topological polar surface area (TPSA) is 101 Å². The van der Waals surface area contributed by atoms with Gasteiger partial charge in [0.15, 0.2) is 0 Å². The van der Waals surface area contributed by atoms with Crippen molar-refractivity contribution in [2.24, 2.45) is 0 Å². The monoisotopic (exact) mass is 678 g/mol. The molecule has 4 aromatic carbocycles. The van der Waals surface area contributed by atoms with Crippen LogP contribution in [-0.4, -0.2) is 25.5 Å². The van der Waals surface area contributed by atoms with Crippen LogP contribution in [0.3, 0.4) is 0 Å². The molecule has 1 aliphatic carbocycles. The minimum atomic E-state index is -0.808. The molecule has 0 saturated carbocycles. The molecule has 0 spiro atoms. The van der Waals surface area contributed by atoms with E-state index in [1.807, 2.05) is 36.4 Å². The van der Waals surface area contributed by atoms with Crippen LogP contribution < -0.4 is 0 Å². The van der Waals surface area contributed by atoms with E-state index in [0.29, 0.717) is 29.0 Å². The lowest BCUT2D eigenvalue weighted by atomic mass is 9.77. The maximum absolute atomic E-state index is 11.0. The summed E-state index contributed by atoms with van der Waals surface area (Å²) >= 11 is 4.17. The largest absolute Gasteiger partial charge is 0.508 e. The summed E-state index contributed by atoms with van der Waals surface area (Å²) in [6.45, 7) is 0. The van der Waals surface area contributed by atoms with E-state index >= 15 is 0 Å². The molecule has 0 heterocycles. The van der Waals surface area contributed by atoms with E-state index in [4.69, 9.17) is 0 Å². The average Bonchev–Trinajstić information content (AvgIpc) is 2.82. The first-order chi connectivity index (χ1) is 16.3. The minimum absolute atomic E-state index is 0.0321. The molecule has 34 heavy (non-hydrogen) atoms. The molecule has 1 aliphatic rings. The second kappa shape index (κ2) is 8.94. The van der Waals surface area contributed by atoms with Gasteiger partial charge in [-0.15, -0.1) is 0 Å². The van der Waals surface area contributed by atoms with Gasteiger partial charge in [0, 0.05) is 22.3 Å². The van der Waals surface area contributed by atoms with Crippen LogP contribution in [0.2, 0.25) is 0 Å². The predicted molar refractivity (Wildman–Crippen MR) is 148 cm³/mol. The Morgan fingerprint density at radius 2 is 1.44 bits per heavy atom. The van der Waals surface area contributed by atoms with Gasteiger partial charge in [-0.3, -0.25) is 0 Å². The molecule has 4 aromatic rings. The molecule has 0 aliphatic heterocycles. The molecule has 0 radical (unpaired) electrons. The molecule has 5 N–H and O–H groups in total. The van der Waals surface area contributed by atoms with Crippen molar-refractivity contribution in [3.8, 4) is 17.2 Å². The normalized spacial score (nSPS) is 16.2. The third-order valence-corrected chi connectivity index (χ3v) is 7.95. The number of hydrogen-bond acceptors (Lipinski definition) is 5. The lowest BCUT2D eigenvalue weighted by Crippen LogP contribution is -2.15. The Labute approximate surface area is 223 Å². The van der Waals surface area contributed by atoms with Crippen LogP contribution in [0.5, 0.6) is 17.2 Å². The highest BCUT2D eigenvalue weighted by molar-refractivity contribution is 14.1. The second-order valence-electron chi connectivity index (χ2n) is 8.29. The van der Waals surface area contributed by atoms with Gasteiger partial charge in [-0.2, -0.15) is 0 Å². The minimum Gasteiger partial charge on any atom is -0.508 e. The van der Waals surface area contributed by atoms with Crippen LogP contribution in [0.1, 0.15) is 46.3 Å². The van der Waals surface area contributed by atoms with Gasteiger partial charge in [0.1, 0.15) is 23.0 Å². The number of phenols is 3. The van der Waals surface area contributed by atoms with Crippen molar-refractivity contribution in [1.29, 1.82) is 0 Å². The molecule has 0 fully saturated rings. The SMILES string of the molecule is OC1=CCC(O)c2c1cccc2C(c1cc(I)c(O)c(I)c1)c1cccc2c(O)ccc(O)c12. The van der Waals surface area contributed by atoms with Crippen LogP contribution in [0.4, 0.5) is 0 Å². The van der Waals surface area contributed by atoms with Crippen molar-refractivity contribution in [2.45, 2.75) is 18.4 Å². The van der Waals surface area contributed by atoms with Gasteiger partial charge in [0.25, 0.3) is 0 Å². The van der Waals surface area contributed by atoms with Crippen LogP contribution in [-0.2, 0) is 0 Å². The van der Waals surface area contributed by atoms with Crippen molar-refractivity contribution in [3.05, 3.63) is 102 Å². The summed E-state index contributed by atoms with van der Waals surface area (Å²) in [5.41, 5.74) is 3.55. The fourth-order valence-electron chi connectivity index (χ4n) is 4.80. The Morgan fingerprint density at radius 3 is 2.18 bits per heavy atom. The van der Waals surface area contributed by atoms with Gasteiger partial charge in [-0.1, -0.05) is 36.4 Å². The number of aliphatic hydroxyl groups excluding tert-OH is 2. The summed E-state index contributed by atoms with van der Waals surface area (Å²) in [4.78, 5) is 0. The fraction of sp³-hybridized carbons (Fsp3) is 0.111. The first-order valence-electron chi connectivity index (χ1n) is 10.6. The number of hydrogen-bond donors (Lipinski definition) is 5. The Balaban J connectivity index is 1.90. The highest BCUT2D eigenvalue weighted by Crippen LogP contribution is 2.47. The van der Waals surface area contributed by atoms with Crippen molar-refractivity contribution in [2.75, 3.05) is 0 Å². The van der Waals surface area contributed by atoms with Gasteiger partial charge < -0.3 is 25.5 Å². The van der Waals surface area contributed by atoms with Crippen molar-refractivity contribution < 1.29 is 25.5 Å². The summed E-state index contributed by atoms with van der Waals surface area (Å²) in [5, 5.41) is 54.3. The molecule has 172 valence electrons. The zero-order valence-corrected chi connectivity index (χ0v) is 22.0.